The SMILES string of the molecule is CCC.CCC.Cc1cc2c(cc1C)CCCC2. The van der Waals surface area contributed by atoms with E-state index in [1.807, 2.05) is 0 Å². The third-order valence-electron chi connectivity index (χ3n) is 2.96. The van der Waals surface area contributed by atoms with E-state index in [-0.39, 0.29) is 0 Å². The number of aryl methyl sites for hydroxylation is 4. The van der Waals surface area contributed by atoms with Crippen LogP contribution in [-0.2, 0) is 12.8 Å². The molecule has 0 nitrogen and oxygen atoms in total. The summed E-state index contributed by atoms with van der Waals surface area (Å²) in [6.45, 7) is 12.9. The Morgan fingerprint density at radius 2 is 1.00 bits per heavy atom. The minimum Gasteiger partial charge on any atom is -0.0656 e. The van der Waals surface area contributed by atoms with Crippen LogP contribution in [0.5, 0.6) is 0 Å². The van der Waals surface area contributed by atoms with Crippen LogP contribution in [0.15, 0.2) is 12.1 Å². The van der Waals surface area contributed by atoms with Gasteiger partial charge in [-0.2, -0.15) is 0 Å². The Bertz CT molecular complexity index is 290. The number of hydrogen-bond acceptors (Lipinski definition) is 0. The van der Waals surface area contributed by atoms with E-state index in [2.05, 4.69) is 53.7 Å². The van der Waals surface area contributed by atoms with Crippen molar-refractivity contribution in [2.45, 2.75) is 80.1 Å². The lowest BCUT2D eigenvalue weighted by Gasteiger charge is -2.17. The van der Waals surface area contributed by atoms with Crippen LogP contribution in [0, 0.1) is 13.8 Å². The number of fused-ring (bicyclic) bond motifs is 1. The zero-order valence-corrected chi connectivity index (χ0v) is 13.4. The van der Waals surface area contributed by atoms with Crippen molar-refractivity contribution >= 4 is 0 Å². The predicted octanol–water partition coefficient (Wildman–Crippen LogP) is 6.01. The molecule has 1 aromatic rings. The zero-order valence-electron chi connectivity index (χ0n) is 13.4. The van der Waals surface area contributed by atoms with Gasteiger partial charge >= 0.3 is 0 Å². The molecule has 104 valence electrons. The summed E-state index contributed by atoms with van der Waals surface area (Å²) in [5, 5.41) is 0. The van der Waals surface area contributed by atoms with Gasteiger partial charge in [-0.1, -0.05) is 52.7 Å². The molecule has 0 aliphatic heterocycles. The molecule has 0 atom stereocenters. The Morgan fingerprint density at radius 1 is 0.722 bits per heavy atom. The molecule has 0 heteroatoms. The summed E-state index contributed by atoms with van der Waals surface area (Å²) >= 11 is 0. The first-order valence-corrected chi connectivity index (χ1v) is 7.69. The highest BCUT2D eigenvalue weighted by Gasteiger charge is 2.09. The van der Waals surface area contributed by atoms with Crippen molar-refractivity contribution < 1.29 is 0 Å². The molecule has 0 saturated heterocycles. The lowest BCUT2D eigenvalue weighted by molar-refractivity contribution is 0.684. The first-order valence-electron chi connectivity index (χ1n) is 7.69. The molecule has 1 aliphatic carbocycles. The van der Waals surface area contributed by atoms with Crippen LogP contribution in [0.25, 0.3) is 0 Å². The minimum absolute atomic E-state index is 1.25. The monoisotopic (exact) mass is 248 g/mol. The molecule has 0 radical (unpaired) electrons. The number of benzene rings is 1. The summed E-state index contributed by atoms with van der Waals surface area (Å²) < 4.78 is 0. The van der Waals surface area contributed by atoms with Gasteiger partial charge in [0.25, 0.3) is 0 Å². The summed E-state index contributed by atoms with van der Waals surface area (Å²) in [5.74, 6) is 0. The van der Waals surface area contributed by atoms with Gasteiger partial charge in [0.05, 0.1) is 0 Å². The lowest BCUT2D eigenvalue weighted by Crippen LogP contribution is -2.03. The topological polar surface area (TPSA) is 0 Å². The van der Waals surface area contributed by atoms with Gasteiger partial charge in [0.2, 0.25) is 0 Å². The standard InChI is InChI=1S/C12H16.2C3H8/c1-9-7-11-5-3-4-6-12(11)8-10(9)2;2*1-3-2/h7-8H,3-6H2,1-2H3;2*3H2,1-2H3. The van der Waals surface area contributed by atoms with Crippen molar-refractivity contribution in [2.24, 2.45) is 0 Å². The molecule has 0 bridgehead atoms. The van der Waals surface area contributed by atoms with Crippen molar-refractivity contribution in [1.82, 2.24) is 0 Å². The molecular weight excluding hydrogens is 216 g/mol. The van der Waals surface area contributed by atoms with Gasteiger partial charge in [0.1, 0.15) is 0 Å². The molecule has 0 aromatic heterocycles. The van der Waals surface area contributed by atoms with Crippen molar-refractivity contribution in [2.75, 3.05) is 0 Å². The van der Waals surface area contributed by atoms with Crippen molar-refractivity contribution in [3.05, 3.63) is 34.4 Å². The normalized spacial score (nSPS) is 12.6. The van der Waals surface area contributed by atoms with Gasteiger partial charge in [0, 0.05) is 0 Å². The van der Waals surface area contributed by atoms with Gasteiger partial charge in [-0.05, 0) is 61.8 Å². The van der Waals surface area contributed by atoms with E-state index in [9.17, 15) is 0 Å². The van der Waals surface area contributed by atoms with Crippen molar-refractivity contribution in [3.63, 3.8) is 0 Å². The van der Waals surface area contributed by atoms with E-state index in [0.29, 0.717) is 0 Å². The second-order valence-electron chi connectivity index (χ2n) is 5.33. The van der Waals surface area contributed by atoms with Crippen LogP contribution in [-0.4, -0.2) is 0 Å². The molecule has 0 heterocycles. The molecule has 0 saturated carbocycles. The highest BCUT2D eigenvalue weighted by atomic mass is 14.1. The fourth-order valence-electron chi connectivity index (χ4n) is 2.03. The van der Waals surface area contributed by atoms with Gasteiger partial charge < -0.3 is 0 Å². The Kier molecular flexibility index (Phi) is 9.73. The molecule has 0 N–H and O–H groups in total. The summed E-state index contributed by atoms with van der Waals surface area (Å²) in [7, 11) is 0. The highest BCUT2D eigenvalue weighted by Crippen LogP contribution is 2.23. The van der Waals surface area contributed by atoms with E-state index >= 15 is 0 Å². The fraction of sp³-hybridized carbons (Fsp3) is 0.667. The van der Waals surface area contributed by atoms with Gasteiger partial charge in [-0.15, -0.1) is 0 Å². The van der Waals surface area contributed by atoms with E-state index in [1.165, 1.54) is 49.7 Å². The molecule has 18 heavy (non-hydrogen) atoms. The molecule has 0 unspecified atom stereocenters. The molecule has 0 spiro atoms. The van der Waals surface area contributed by atoms with Crippen LogP contribution in [0.4, 0.5) is 0 Å². The first kappa shape index (κ1) is 17.2. The van der Waals surface area contributed by atoms with Gasteiger partial charge in [0.15, 0.2) is 0 Å². The Balaban J connectivity index is 0.000000414. The summed E-state index contributed by atoms with van der Waals surface area (Å²) in [5.41, 5.74) is 6.11. The predicted molar refractivity (Wildman–Crippen MR) is 84.5 cm³/mol. The number of rotatable bonds is 0. The maximum atomic E-state index is 2.38. The molecule has 0 amide bonds. The largest absolute Gasteiger partial charge is 0.0656 e. The third-order valence-corrected chi connectivity index (χ3v) is 2.96. The smallest absolute Gasteiger partial charge is 0.0276 e. The summed E-state index contributed by atoms with van der Waals surface area (Å²) in [6, 6.07) is 4.76. The summed E-state index contributed by atoms with van der Waals surface area (Å²) in [4.78, 5) is 0. The highest BCUT2D eigenvalue weighted by molar-refractivity contribution is 5.38. The van der Waals surface area contributed by atoms with E-state index in [4.69, 9.17) is 0 Å². The minimum atomic E-state index is 1.25. The first-order chi connectivity index (χ1) is 8.60. The Hall–Kier alpha value is -0.780. The van der Waals surface area contributed by atoms with E-state index in [1.54, 1.807) is 11.1 Å². The van der Waals surface area contributed by atoms with Gasteiger partial charge in [-0.25, -0.2) is 0 Å². The second kappa shape index (κ2) is 10.2. The molecule has 1 aromatic carbocycles. The fourth-order valence-corrected chi connectivity index (χ4v) is 2.03. The third kappa shape index (κ3) is 6.23. The Morgan fingerprint density at radius 3 is 1.28 bits per heavy atom. The van der Waals surface area contributed by atoms with Crippen LogP contribution in [0.1, 0.15) is 75.6 Å². The maximum absolute atomic E-state index is 2.38. The van der Waals surface area contributed by atoms with Crippen LogP contribution in [0.3, 0.4) is 0 Å². The Labute approximate surface area is 115 Å². The van der Waals surface area contributed by atoms with Crippen molar-refractivity contribution in [1.29, 1.82) is 0 Å². The van der Waals surface area contributed by atoms with Crippen LogP contribution >= 0.6 is 0 Å². The average Bonchev–Trinajstić information content (AvgIpc) is 2.33. The number of hydrogen-bond donors (Lipinski definition) is 0. The molecule has 1 aliphatic rings. The second-order valence-corrected chi connectivity index (χ2v) is 5.33. The van der Waals surface area contributed by atoms with Crippen LogP contribution in [0.2, 0.25) is 0 Å². The molecular formula is C18H32. The van der Waals surface area contributed by atoms with Crippen LogP contribution < -0.4 is 0 Å². The molecule has 2 rings (SSSR count). The van der Waals surface area contributed by atoms with Crippen molar-refractivity contribution in [3.8, 4) is 0 Å². The summed E-state index contributed by atoms with van der Waals surface area (Å²) in [6.07, 6.45) is 7.87. The quantitative estimate of drug-likeness (QED) is 0.527. The maximum Gasteiger partial charge on any atom is -0.0276 e. The lowest BCUT2D eigenvalue weighted by atomic mass is 9.89. The van der Waals surface area contributed by atoms with E-state index < -0.39 is 0 Å². The van der Waals surface area contributed by atoms with Gasteiger partial charge in [-0.3, -0.25) is 0 Å². The van der Waals surface area contributed by atoms with E-state index in [0.717, 1.165) is 0 Å². The molecule has 0 fully saturated rings. The zero-order chi connectivity index (χ0) is 14.0. The average molecular weight is 248 g/mol.